The number of aromatic nitrogens is 1. The Morgan fingerprint density at radius 3 is 2.78 bits per heavy atom. The fraction of sp³-hybridized carbons (Fsp3) is 0.267. The summed E-state index contributed by atoms with van der Waals surface area (Å²) >= 11 is 6.07. The van der Waals surface area contributed by atoms with E-state index >= 15 is 0 Å². The summed E-state index contributed by atoms with van der Waals surface area (Å²) in [6.45, 7) is -0.0966. The highest BCUT2D eigenvalue weighted by molar-refractivity contribution is 6.33. The van der Waals surface area contributed by atoms with Gasteiger partial charge in [-0.05, 0) is 12.1 Å². The number of rotatable bonds is 7. The van der Waals surface area contributed by atoms with Crippen LogP contribution in [0.2, 0.25) is 5.02 Å². The van der Waals surface area contributed by atoms with Gasteiger partial charge in [-0.15, -0.1) is 0 Å². The molecule has 2 rings (SSSR count). The normalized spacial score (nSPS) is 10.5. The predicted octanol–water partition coefficient (Wildman–Crippen LogP) is 2.17. The molecular weight excluding hydrogens is 324 g/mol. The Hall–Kier alpha value is -2.38. The van der Waals surface area contributed by atoms with Gasteiger partial charge in [-0.1, -0.05) is 28.9 Å². The third-order valence-corrected chi connectivity index (χ3v) is 3.38. The van der Waals surface area contributed by atoms with Gasteiger partial charge in [0.05, 0.1) is 11.6 Å². The van der Waals surface area contributed by atoms with Crippen molar-refractivity contribution in [3.63, 3.8) is 0 Å². The second kappa shape index (κ2) is 7.75. The van der Waals surface area contributed by atoms with Crippen molar-refractivity contribution >= 4 is 23.5 Å². The summed E-state index contributed by atoms with van der Waals surface area (Å²) in [6.07, 6.45) is 0. The molecule has 7 nitrogen and oxygen atoms in total. The second-order valence-corrected chi connectivity index (χ2v) is 5.08. The molecule has 0 saturated carbocycles. The fourth-order valence-electron chi connectivity index (χ4n) is 1.94. The molecule has 8 heteroatoms. The number of methoxy groups -OCH3 is 1. The standard InChI is InChI=1S/C15H15ClN2O5/c1-22-7-6-18(9-14(19)20)15(21)12-8-13(23-17-12)10-4-2-3-5-11(10)16/h2-5,8H,6-7,9H2,1H3,(H,19,20). The van der Waals surface area contributed by atoms with E-state index in [9.17, 15) is 9.59 Å². The molecular formula is C15H15ClN2O5. The van der Waals surface area contributed by atoms with Gasteiger partial charge in [-0.3, -0.25) is 9.59 Å². The first-order chi connectivity index (χ1) is 11.0. The molecule has 122 valence electrons. The molecule has 0 saturated heterocycles. The molecule has 0 aliphatic rings. The number of halogens is 1. The molecule has 0 bridgehead atoms. The minimum atomic E-state index is -1.12. The lowest BCUT2D eigenvalue weighted by atomic mass is 10.1. The number of ether oxygens (including phenoxy) is 1. The van der Waals surface area contributed by atoms with Gasteiger partial charge < -0.3 is 19.3 Å². The topological polar surface area (TPSA) is 92.9 Å². The predicted molar refractivity (Wildman–Crippen MR) is 82.4 cm³/mol. The monoisotopic (exact) mass is 338 g/mol. The quantitative estimate of drug-likeness (QED) is 0.831. The molecule has 1 aromatic carbocycles. The molecule has 0 atom stereocenters. The number of amides is 1. The van der Waals surface area contributed by atoms with Gasteiger partial charge >= 0.3 is 5.97 Å². The van der Waals surface area contributed by atoms with E-state index in [1.54, 1.807) is 24.3 Å². The molecule has 23 heavy (non-hydrogen) atoms. The summed E-state index contributed by atoms with van der Waals surface area (Å²) in [5, 5.41) is 13.1. The summed E-state index contributed by atoms with van der Waals surface area (Å²) in [7, 11) is 1.47. The van der Waals surface area contributed by atoms with Crippen molar-refractivity contribution in [3.8, 4) is 11.3 Å². The third kappa shape index (κ3) is 4.30. The molecule has 1 heterocycles. The zero-order valence-corrected chi connectivity index (χ0v) is 13.1. The van der Waals surface area contributed by atoms with Crippen molar-refractivity contribution in [1.29, 1.82) is 0 Å². The summed E-state index contributed by atoms with van der Waals surface area (Å²) in [6, 6.07) is 8.41. The van der Waals surface area contributed by atoms with E-state index in [1.165, 1.54) is 13.2 Å². The van der Waals surface area contributed by atoms with Crippen molar-refractivity contribution in [2.45, 2.75) is 0 Å². The number of nitrogens with zero attached hydrogens (tertiary/aromatic N) is 2. The molecule has 2 aromatic rings. The van der Waals surface area contributed by atoms with Crippen LogP contribution in [0, 0.1) is 0 Å². The lowest BCUT2D eigenvalue weighted by Crippen LogP contribution is -2.38. The summed E-state index contributed by atoms with van der Waals surface area (Å²) in [5.41, 5.74) is 0.611. The zero-order chi connectivity index (χ0) is 16.8. The van der Waals surface area contributed by atoms with Crippen LogP contribution in [-0.4, -0.2) is 53.8 Å². The lowest BCUT2D eigenvalue weighted by Gasteiger charge is -2.18. The van der Waals surface area contributed by atoms with Crippen LogP contribution in [0.4, 0.5) is 0 Å². The van der Waals surface area contributed by atoms with Crippen LogP contribution in [0.25, 0.3) is 11.3 Å². The van der Waals surface area contributed by atoms with E-state index in [2.05, 4.69) is 5.16 Å². The van der Waals surface area contributed by atoms with E-state index in [1.807, 2.05) is 0 Å². The van der Waals surface area contributed by atoms with Crippen molar-refractivity contribution < 1.29 is 24.0 Å². The Morgan fingerprint density at radius 2 is 2.13 bits per heavy atom. The van der Waals surface area contributed by atoms with E-state index in [0.717, 1.165) is 4.90 Å². The summed E-state index contributed by atoms with van der Waals surface area (Å²) in [5.74, 6) is -1.34. The van der Waals surface area contributed by atoms with Gasteiger partial charge in [-0.25, -0.2) is 0 Å². The number of carbonyl (C=O) groups excluding carboxylic acids is 1. The first kappa shape index (κ1) is 17.0. The zero-order valence-electron chi connectivity index (χ0n) is 12.4. The Labute approximate surface area is 137 Å². The minimum Gasteiger partial charge on any atom is -0.480 e. The molecule has 0 unspecified atom stereocenters. The Balaban J connectivity index is 2.22. The number of benzene rings is 1. The van der Waals surface area contributed by atoms with Crippen LogP contribution in [-0.2, 0) is 9.53 Å². The van der Waals surface area contributed by atoms with Gasteiger partial charge in [-0.2, -0.15) is 0 Å². The minimum absolute atomic E-state index is 0.0114. The summed E-state index contributed by atoms with van der Waals surface area (Å²) < 4.78 is 10.0. The van der Waals surface area contributed by atoms with E-state index in [0.29, 0.717) is 16.3 Å². The van der Waals surface area contributed by atoms with Crippen LogP contribution in [0.3, 0.4) is 0 Å². The maximum absolute atomic E-state index is 12.4. The van der Waals surface area contributed by atoms with Gasteiger partial charge in [0.1, 0.15) is 6.54 Å². The van der Waals surface area contributed by atoms with Crippen LogP contribution in [0.5, 0.6) is 0 Å². The van der Waals surface area contributed by atoms with E-state index < -0.39 is 18.4 Å². The van der Waals surface area contributed by atoms with Crippen LogP contribution in [0.15, 0.2) is 34.9 Å². The first-order valence-corrected chi connectivity index (χ1v) is 7.12. The smallest absolute Gasteiger partial charge is 0.323 e. The van der Waals surface area contributed by atoms with Crippen molar-refractivity contribution in [2.24, 2.45) is 0 Å². The molecule has 1 aromatic heterocycles. The molecule has 0 fully saturated rings. The Kier molecular flexibility index (Phi) is 5.72. The number of carboxylic acid groups (broad SMARTS) is 1. The number of carboxylic acids is 1. The third-order valence-electron chi connectivity index (χ3n) is 3.05. The van der Waals surface area contributed by atoms with Crippen molar-refractivity contribution in [1.82, 2.24) is 10.1 Å². The summed E-state index contributed by atoms with van der Waals surface area (Å²) in [4.78, 5) is 24.4. The van der Waals surface area contributed by atoms with Gasteiger partial charge in [0, 0.05) is 25.3 Å². The van der Waals surface area contributed by atoms with Crippen LogP contribution >= 0.6 is 11.6 Å². The van der Waals surface area contributed by atoms with Gasteiger partial charge in [0.25, 0.3) is 5.91 Å². The molecule has 0 aliphatic carbocycles. The number of aliphatic carboxylic acids is 1. The second-order valence-electron chi connectivity index (χ2n) is 4.67. The van der Waals surface area contributed by atoms with Gasteiger partial charge in [0.2, 0.25) is 0 Å². The molecule has 0 radical (unpaired) electrons. The van der Waals surface area contributed by atoms with Crippen molar-refractivity contribution in [3.05, 3.63) is 41.0 Å². The average molecular weight is 339 g/mol. The Bertz CT molecular complexity index is 701. The fourth-order valence-corrected chi connectivity index (χ4v) is 2.17. The lowest BCUT2D eigenvalue weighted by molar-refractivity contribution is -0.137. The van der Waals surface area contributed by atoms with E-state index in [4.69, 9.17) is 26.0 Å². The average Bonchev–Trinajstić information content (AvgIpc) is 3.00. The van der Waals surface area contributed by atoms with Crippen molar-refractivity contribution in [2.75, 3.05) is 26.8 Å². The van der Waals surface area contributed by atoms with Gasteiger partial charge in [0.15, 0.2) is 11.5 Å². The number of carbonyl (C=O) groups is 2. The highest BCUT2D eigenvalue weighted by atomic mass is 35.5. The highest BCUT2D eigenvalue weighted by Crippen LogP contribution is 2.28. The van der Waals surface area contributed by atoms with E-state index in [-0.39, 0.29) is 18.8 Å². The maximum Gasteiger partial charge on any atom is 0.323 e. The highest BCUT2D eigenvalue weighted by Gasteiger charge is 2.22. The molecule has 0 aliphatic heterocycles. The molecule has 0 spiro atoms. The first-order valence-electron chi connectivity index (χ1n) is 6.74. The number of hydrogen-bond donors (Lipinski definition) is 1. The van der Waals surface area contributed by atoms with Crippen LogP contribution < -0.4 is 0 Å². The van der Waals surface area contributed by atoms with Crippen LogP contribution in [0.1, 0.15) is 10.5 Å². The number of hydrogen-bond acceptors (Lipinski definition) is 5. The Morgan fingerprint density at radius 1 is 1.39 bits per heavy atom. The molecule has 1 amide bonds. The maximum atomic E-state index is 12.4. The molecule has 1 N–H and O–H groups in total. The largest absolute Gasteiger partial charge is 0.480 e. The SMILES string of the molecule is COCCN(CC(=O)O)C(=O)c1cc(-c2ccccc2Cl)on1.